The minimum Gasteiger partial charge on any atom is -0.492 e. The molecule has 0 unspecified atom stereocenters. The Kier molecular flexibility index (Phi) is 11.1. The lowest BCUT2D eigenvalue weighted by Crippen LogP contribution is -2.58. The van der Waals surface area contributed by atoms with Crippen molar-refractivity contribution in [3.05, 3.63) is 64.7 Å². The van der Waals surface area contributed by atoms with E-state index < -0.39 is 18.1 Å². The summed E-state index contributed by atoms with van der Waals surface area (Å²) in [7, 11) is 0. The molecule has 0 radical (unpaired) electrons. The Morgan fingerprint density at radius 2 is 1.73 bits per heavy atom. The molecule has 4 atom stereocenters. The molecular weight excluding hydrogens is 540 g/mol. The second kappa shape index (κ2) is 14.7. The van der Waals surface area contributed by atoms with Crippen LogP contribution in [0, 0.1) is 17.8 Å². The third kappa shape index (κ3) is 9.47. The van der Waals surface area contributed by atoms with Gasteiger partial charge in [-0.15, -0.1) is 0 Å². The molecule has 2 aromatic carbocycles. The smallest absolute Gasteiger partial charge is 0.243 e. The van der Waals surface area contributed by atoms with Crippen molar-refractivity contribution in [1.82, 2.24) is 21.3 Å². The number of para-hydroxylation sites is 1. The maximum Gasteiger partial charge on any atom is 0.243 e. The van der Waals surface area contributed by atoms with Crippen molar-refractivity contribution in [3.63, 3.8) is 0 Å². The Balaban J connectivity index is 1.58. The minimum absolute atomic E-state index is 0.169. The predicted molar refractivity (Wildman–Crippen MR) is 161 cm³/mol. The van der Waals surface area contributed by atoms with Gasteiger partial charge in [0.15, 0.2) is 0 Å². The van der Waals surface area contributed by atoms with E-state index in [2.05, 4.69) is 28.2 Å². The molecule has 41 heavy (non-hydrogen) atoms. The van der Waals surface area contributed by atoms with Crippen molar-refractivity contribution < 1.29 is 19.1 Å². The van der Waals surface area contributed by atoms with Gasteiger partial charge in [-0.05, 0) is 66.3 Å². The van der Waals surface area contributed by atoms with Crippen LogP contribution in [-0.2, 0) is 27.2 Å². The van der Waals surface area contributed by atoms with E-state index in [1.165, 1.54) is 0 Å². The van der Waals surface area contributed by atoms with E-state index in [0.29, 0.717) is 43.5 Å². The lowest BCUT2D eigenvalue weighted by molar-refractivity contribution is -0.133. The van der Waals surface area contributed by atoms with Crippen LogP contribution in [0.25, 0.3) is 0 Å². The number of amides is 3. The van der Waals surface area contributed by atoms with Crippen LogP contribution in [-0.4, -0.2) is 55.5 Å². The van der Waals surface area contributed by atoms with Crippen molar-refractivity contribution >= 4 is 29.3 Å². The van der Waals surface area contributed by atoms with Crippen LogP contribution >= 0.6 is 11.6 Å². The molecule has 0 aromatic heterocycles. The lowest BCUT2D eigenvalue weighted by atomic mass is 9.99. The topological polar surface area (TPSA) is 109 Å². The minimum atomic E-state index is -0.790. The number of halogens is 1. The van der Waals surface area contributed by atoms with Crippen LogP contribution < -0.4 is 26.0 Å². The van der Waals surface area contributed by atoms with E-state index in [4.69, 9.17) is 16.3 Å². The monoisotopic (exact) mass is 582 g/mol. The second-order valence-electron chi connectivity index (χ2n) is 11.8. The zero-order valence-electron chi connectivity index (χ0n) is 24.3. The second-order valence-corrected chi connectivity index (χ2v) is 12.3. The molecule has 4 N–H and O–H groups in total. The molecule has 1 saturated carbocycles. The summed E-state index contributed by atoms with van der Waals surface area (Å²) >= 11 is 6.21. The van der Waals surface area contributed by atoms with Gasteiger partial charge >= 0.3 is 0 Å². The summed E-state index contributed by atoms with van der Waals surface area (Å²) in [6.07, 6.45) is 3.85. The Morgan fingerprint density at radius 3 is 2.46 bits per heavy atom. The third-order valence-electron chi connectivity index (χ3n) is 7.71. The number of hydrogen-bond donors (Lipinski definition) is 4. The first-order valence-corrected chi connectivity index (χ1v) is 15.1. The highest BCUT2D eigenvalue weighted by Gasteiger charge is 2.34. The summed E-state index contributed by atoms with van der Waals surface area (Å²) in [5.74, 6) is 0.395. The van der Waals surface area contributed by atoms with Gasteiger partial charge in [-0.3, -0.25) is 14.4 Å². The Labute approximate surface area is 248 Å². The van der Waals surface area contributed by atoms with E-state index in [1.54, 1.807) is 6.07 Å². The maximum atomic E-state index is 13.6. The van der Waals surface area contributed by atoms with Gasteiger partial charge in [-0.2, -0.15) is 0 Å². The van der Waals surface area contributed by atoms with Gasteiger partial charge in [0.2, 0.25) is 17.7 Å². The number of fused-ring (bicyclic) bond motifs is 1. The van der Waals surface area contributed by atoms with E-state index in [0.717, 1.165) is 36.1 Å². The normalized spacial score (nSPS) is 25.1. The molecule has 0 bridgehead atoms. The Bertz CT molecular complexity index is 1200. The first-order valence-electron chi connectivity index (χ1n) is 14.8. The highest BCUT2D eigenvalue weighted by molar-refractivity contribution is 6.30. The van der Waals surface area contributed by atoms with E-state index >= 15 is 0 Å². The first-order chi connectivity index (χ1) is 19.7. The fourth-order valence-electron chi connectivity index (χ4n) is 5.18. The molecule has 8 nitrogen and oxygen atoms in total. The van der Waals surface area contributed by atoms with Gasteiger partial charge in [0, 0.05) is 18.1 Å². The Morgan fingerprint density at radius 1 is 0.951 bits per heavy atom. The van der Waals surface area contributed by atoms with Gasteiger partial charge in [0.05, 0.1) is 6.04 Å². The van der Waals surface area contributed by atoms with E-state index in [9.17, 15) is 14.4 Å². The Hall–Kier alpha value is -3.10. The van der Waals surface area contributed by atoms with Crippen molar-refractivity contribution in [2.75, 3.05) is 19.7 Å². The SMILES string of the molecule is CC(C)[C@H]1NC(=O)[C@@H](Cc2cccc(Cl)c2)NCCOc2ccccc2C[C@H](C)CNC(=O)[C@H](CC2CC2)NC1=O. The lowest BCUT2D eigenvalue weighted by Gasteiger charge is -2.28. The van der Waals surface area contributed by atoms with Crippen LogP contribution in [0.15, 0.2) is 48.5 Å². The van der Waals surface area contributed by atoms with E-state index in [-0.39, 0.29) is 29.6 Å². The molecule has 1 heterocycles. The van der Waals surface area contributed by atoms with Gasteiger partial charge in [-0.1, -0.05) is 75.5 Å². The zero-order chi connectivity index (χ0) is 29.4. The van der Waals surface area contributed by atoms with Crippen molar-refractivity contribution in [1.29, 1.82) is 0 Å². The predicted octanol–water partition coefficient (Wildman–Crippen LogP) is 3.65. The fraction of sp³-hybridized carbons (Fsp3) is 0.531. The number of benzene rings is 2. The molecular formula is C32H43ClN4O4. The summed E-state index contributed by atoms with van der Waals surface area (Å²) in [6.45, 7) is 7.15. The zero-order valence-corrected chi connectivity index (χ0v) is 25.0. The van der Waals surface area contributed by atoms with Crippen LogP contribution in [0.3, 0.4) is 0 Å². The fourth-order valence-corrected chi connectivity index (χ4v) is 5.39. The molecule has 0 saturated heterocycles. The number of carbonyl (C=O) groups excluding carboxylic acids is 3. The number of hydrogen-bond acceptors (Lipinski definition) is 5. The summed E-state index contributed by atoms with van der Waals surface area (Å²) in [6, 6.07) is 13.3. The van der Waals surface area contributed by atoms with Crippen LogP contribution in [0.1, 0.15) is 51.2 Å². The van der Waals surface area contributed by atoms with Gasteiger partial charge in [0.1, 0.15) is 24.4 Å². The molecule has 2 aliphatic rings. The molecule has 1 aliphatic heterocycles. The van der Waals surface area contributed by atoms with Gasteiger partial charge in [-0.25, -0.2) is 0 Å². The van der Waals surface area contributed by atoms with Crippen molar-refractivity contribution in [2.45, 2.75) is 71.0 Å². The van der Waals surface area contributed by atoms with Crippen LogP contribution in [0.5, 0.6) is 5.75 Å². The van der Waals surface area contributed by atoms with Crippen LogP contribution in [0.4, 0.5) is 0 Å². The number of ether oxygens (including phenoxy) is 1. The first kappa shape index (κ1) is 30.8. The molecule has 1 fully saturated rings. The highest BCUT2D eigenvalue weighted by Crippen LogP contribution is 2.33. The molecule has 4 rings (SSSR count). The summed E-state index contributed by atoms with van der Waals surface area (Å²) in [4.78, 5) is 40.4. The largest absolute Gasteiger partial charge is 0.492 e. The number of carbonyl (C=O) groups is 3. The molecule has 1 aliphatic carbocycles. The number of rotatable bonds is 5. The molecule has 9 heteroatoms. The standard InChI is InChI=1S/C32H43ClN4O4/c1-20(2)29-32(40)36-27(17-22-11-12-22)30(38)35-19-21(3)15-24-8-4-5-10-28(24)41-14-13-34-26(31(39)37-29)18-23-7-6-9-25(33)16-23/h4-10,16,20-22,26-27,29,34H,11-15,17-19H2,1-3H3,(H,35,38)(H,36,40)(H,37,39)/t21-,26+,27-,29+/m0/s1. The maximum absolute atomic E-state index is 13.6. The quantitative estimate of drug-likeness (QED) is 0.430. The summed E-state index contributed by atoms with van der Waals surface area (Å²) in [5.41, 5.74) is 1.96. The van der Waals surface area contributed by atoms with Gasteiger partial charge in [0.25, 0.3) is 0 Å². The number of nitrogens with one attached hydrogen (secondary N) is 4. The molecule has 222 valence electrons. The summed E-state index contributed by atoms with van der Waals surface area (Å²) < 4.78 is 6.13. The van der Waals surface area contributed by atoms with Gasteiger partial charge < -0.3 is 26.0 Å². The van der Waals surface area contributed by atoms with Crippen molar-refractivity contribution in [2.24, 2.45) is 17.8 Å². The van der Waals surface area contributed by atoms with E-state index in [1.807, 2.05) is 56.3 Å². The molecule has 0 spiro atoms. The molecule has 2 aromatic rings. The highest BCUT2D eigenvalue weighted by atomic mass is 35.5. The molecule has 3 amide bonds. The summed E-state index contributed by atoms with van der Waals surface area (Å²) in [5, 5.41) is 12.9. The van der Waals surface area contributed by atoms with Crippen molar-refractivity contribution in [3.8, 4) is 5.75 Å². The average Bonchev–Trinajstić information content (AvgIpc) is 3.76. The van der Waals surface area contributed by atoms with Crippen LogP contribution in [0.2, 0.25) is 5.02 Å². The third-order valence-corrected chi connectivity index (χ3v) is 7.94. The average molecular weight is 583 g/mol.